The van der Waals surface area contributed by atoms with Gasteiger partial charge in [-0.05, 0) is 0 Å². The monoisotopic (exact) mass is 309 g/mol. The van der Waals surface area contributed by atoms with Crippen LogP contribution in [0.2, 0.25) is 0 Å². The van der Waals surface area contributed by atoms with Gasteiger partial charge in [-0.25, -0.2) is 0 Å². The van der Waals surface area contributed by atoms with Crippen molar-refractivity contribution in [3.63, 3.8) is 0 Å². The smallest absolute Gasteiger partial charge is 1.00 e. The van der Waals surface area contributed by atoms with Crippen molar-refractivity contribution in [3.05, 3.63) is 0 Å². The van der Waals surface area contributed by atoms with Gasteiger partial charge in [-0.2, -0.15) is 0 Å². The zero-order chi connectivity index (χ0) is 4.50. The fourth-order valence-corrected chi connectivity index (χ4v) is 0. The summed E-state index contributed by atoms with van der Waals surface area (Å²) < 4.78 is 34.1. The molecule has 0 fully saturated rings. The van der Waals surface area contributed by atoms with Crippen molar-refractivity contribution in [2.45, 2.75) is 0 Å². The predicted molar refractivity (Wildman–Crippen MR) is 19.8 cm³/mol. The van der Waals surface area contributed by atoms with Crippen molar-refractivity contribution in [1.29, 1.82) is 0 Å². The molecule has 0 saturated heterocycles. The normalized spacial score (nSPS) is 5.27. The molecule has 0 aliphatic carbocycles. The second-order valence-electron chi connectivity index (χ2n) is 0.408. The van der Waals surface area contributed by atoms with Gasteiger partial charge in [-0.1, -0.05) is 0 Å². The Kier molecular flexibility index (Phi) is 103. The minimum absolute atomic E-state index is 0. The third-order valence-electron chi connectivity index (χ3n) is 0. The Hall–Kier alpha value is 2.69. The van der Waals surface area contributed by atoms with E-state index in [-0.39, 0.29) is 98.9 Å². The molecule has 0 rings (SSSR count). The molecule has 0 bridgehead atoms. The van der Waals surface area contributed by atoms with E-state index in [1.165, 1.54) is 0 Å². The topological polar surface area (TPSA) is 112 Å². The van der Waals surface area contributed by atoms with Gasteiger partial charge < -0.3 is 27.0 Å². The van der Waals surface area contributed by atoms with Crippen LogP contribution in [-0.2, 0) is 44.5 Å². The molecule has 0 aliphatic rings. The van der Waals surface area contributed by atoms with E-state index in [0.717, 1.165) is 0 Å². The van der Waals surface area contributed by atoms with Crippen LogP contribution in [0.15, 0.2) is 0 Å². The second-order valence-corrected chi connectivity index (χ2v) is 1.22. The Balaban J connectivity index is -0.00000000533. The standard InChI is InChI=1S/Al.ClH.2Mn.Na.H2O4S.H2O/c;;;;;1-5(2,3)4;/h;1H;;;;(H2,1,2,3,4);1H2/q+3;;2*+2;+1;;/p-3. The van der Waals surface area contributed by atoms with E-state index in [1.54, 1.807) is 0 Å². The van der Waals surface area contributed by atoms with Crippen molar-refractivity contribution < 1.29 is 99.1 Å². The van der Waals surface area contributed by atoms with E-state index in [9.17, 15) is 0 Å². The fraction of sp³-hybridized carbons (Fsp3) is 0. The van der Waals surface area contributed by atoms with Crippen LogP contribution in [0.4, 0.5) is 0 Å². The zero-order valence-corrected chi connectivity index (χ0v) is 12.3. The maximum atomic E-state index is 8.52. The molecule has 5 nitrogen and oxygen atoms in total. The molecule has 0 aromatic rings. The average molecular weight is 309 g/mol. The Morgan fingerprint density at radius 3 is 1.00 bits per heavy atom. The number of halogens is 1. The summed E-state index contributed by atoms with van der Waals surface area (Å²) in [6.07, 6.45) is 0. The summed E-state index contributed by atoms with van der Waals surface area (Å²) in [7, 11) is -5.17. The van der Waals surface area contributed by atoms with Crippen LogP contribution in [0.3, 0.4) is 0 Å². The minimum Gasteiger partial charge on any atom is -1.00 e. The van der Waals surface area contributed by atoms with E-state index in [2.05, 4.69) is 0 Å². The van der Waals surface area contributed by atoms with Crippen LogP contribution in [0.25, 0.3) is 0 Å². The SMILES string of the molecule is O.O=S(=O)([O-])[O-].[Al+3].[Cl-].[Mn+2].[Mn+2].[Na+]. The van der Waals surface area contributed by atoms with Crippen molar-refractivity contribution in [2.75, 3.05) is 0 Å². The van der Waals surface area contributed by atoms with Gasteiger partial charge in [0.15, 0.2) is 0 Å². The maximum Gasteiger partial charge on any atom is 3.00 e. The molecular formula is H2AlClMn2NaO5S+5. The van der Waals surface area contributed by atoms with Crippen LogP contribution in [-0.4, -0.2) is 40.4 Å². The largest absolute Gasteiger partial charge is 3.00 e. The van der Waals surface area contributed by atoms with Crippen molar-refractivity contribution in [3.8, 4) is 0 Å². The number of rotatable bonds is 0. The molecule has 2 radical (unpaired) electrons. The van der Waals surface area contributed by atoms with Gasteiger partial charge in [0.25, 0.3) is 0 Å². The third kappa shape index (κ3) is 200. The zero-order valence-electron chi connectivity index (χ0n) is 5.25. The first kappa shape index (κ1) is 49.3. The summed E-state index contributed by atoms with van der Waals surface area (Å²) in [5.41, 5.74) is 0. The van der Waals surface area contributed by atoms with Crippen LogP contribution in [0.5, 0.6) is 0 Å². The molecule has 11 heteroatoms. The predicted octanol–water partition coefficient (Wildman–Crippen LogP) is -8.54. The van der Waals surface area contributed by atoms with Crippen LogP contribution >= 0.6 is 0 Å². The molecule has 0 heterocycles. The van der Waals surface area contributed by atoms with E-state index >= 15 is 0 Å². The van der Waals surface area contributed by atoms with Gasteiger partial charge in [-0.15, -0.1) is 0 Å². The first-order chi connectivity index (χ1) is 2.00. The summed E-state index contributed by atoms with van der Waals surface area (Å²) in [4.78, 5) is 0. The Morgan fingerprint density at radius 2 is 1.00 bits per heavy atom. The van der Waals surface area contributed by atoms with E-state index in [4.69, 9.17) is 17.5 Å². The summed E-state index contributed by atoms with van der Waals surface area (Å²) in [6, 6.07) is 0. The molecule has 0 aromatic heterocycles. The van der Waals surface area contributed by atoms with E-state index in [0.29, 0.717) is 0 Å². The van der Waals surface area contributed by atoms with Gasteiger partial charge in [-0.3, -0.25) is 8.42 Å². The summed E-state index contributed by atoms with van der Waals surface area (Å²) in [5, 5.41) is 0. The van der Waals surface area contributed by atoms with E-state index < -0.39 is 10.4 Å². The molecule has 0 atom stereocenters. The molecule has 0 amide bonds. The van der Waals surface area contributed by atoms with Crippen molar-refractivity contribution in [1.82, 2.24) is 0 Å². The summed E-state index contributed by atoms with van der Waals surface area (Å²) in [5.74, 6) is 0. The molecule has 58 valence electrons. The Bertz CT molecular complexity index is 108. The van der Waals surface area contributed by atoms with Gasteiger partial charge in [0.2, 0.25) is 0 Å². The van der Waals surface area contributed by atoms with Gasteiger partial charge in [0.1, 0.15) is 0 Å². The summed E-state index contributed by atoms with van der Waals surface area (Å²) in [6.45, 7) is 0. The molecule has 0 saturated carbocycles. The molecule has 11 heavy (non-hydrogen) atoms. The van der Waals surface area contributed by atoms with Gasteiger partial charge >= 0.3 is 81.1 Å². The van der Waals surface area contributed by atoms with Crippen LogP contribution in [0.1, 0.15) is 0 Å². The summed E-state index contributed by atoms with van der Waals surface area (Å²) >= 11 is 0. The first-order valence-corrected chi connectivity index (χ1v) is 2.00. The minimum atomic E-state index is -5.17. The fourth-order valence-electron chi connectivity index (χ4n) is 0. The quantitative estimate of drug-likeness (QED) is 0.251. The third-order valence-corrected chi connectivity index (χ3v) is 0. The first-order valence-electron chi connectivity index (χ1n) is 0.667. The molecular weight excluding hydrogens is 307 g/mol. The Labute approximate surface area is 125 Å². The number of hydrogen-bond acceptors (Lipinski definition) is 4. The van der Waals surface area contributed by atoms with Crippen LogP contribution < -0.4 is 42.0 Å². The van der Waals surface area contributed by atoms with Crippen LogP contribution in [0, 0.1) is 0 Å². The molecule has 0 unspecified atom stereocenters. The van der Waals surface area contributed by atoms with Crippen molar-refractivity contribution >= 4 is 27.8 Å². The average Bonchev–Trinajstić information content (AvgIpc) is 0.722. The second kappa shape index (κ2) is 23.0. The molecule has 2 N–H and O–H groups in total. The van der Waals surface area contributed by atoms with Gasteiger partial charge in [0.05, 0.1) is 0 Å². The number of hydrogen-bond donors (Lipinski definition) is 0. The molecule has 0 aromatic carbocycles. The van der Waals surface area contributed by atoms with E-state index in [1.807, 2.05) is 0 Å². The maximum absolute atomic E-state index is 8.52. The molecule has 0 spiro atoms. The van der Waals surface area contributed by atoms with Crippen molar-refractivity contribution in [2.24, 2.45) is 0 Å². The molecule has 0 aliphatic heterocycles. The Morgan fingerprint density at radius 1 is 1.00 bits per heavy atom. The van der Waals surface area contributed by atoms with Gasteiger partial charge in [0, 0.05) is 10.4 Å².